The number of hydrogen-bond donors (Lipinski definition) is 1. The molecular weight excluding hydrogens is 202 g/mol. The van der Waals surface area contributed by atoms with Gasteiger partial charge in [-0.05, 0) is 50.2 Å². The maximum Gasteiger partial charge on any atom is 0.00466 e. The van der Waals surface area contributed by atoms with Gasteiger partial charge in [0.1, 0.15) is 0 Å². The maximum atomic E-state index is 3.70. The predicted octanol–water partition coefficient (Wildman–Crippen LogP) is 3.54. The summed E-state index contributed by atoms with van der Waals surface area (Å²) in [4.78, 5) is 0. The van der Waals surface area contributed by atoms with E-state index in [-0.39, 0.29) is 0 Å². The Balaban J connectivity index is 2.11. The van der Waals surface area contributed by atoms with Gasteiger partial charge < -0.3 is 5.32 Å². The van der Waals surface area contributed by atoms with Crippen LogP contribution in [0.15, 0.2) is 0 Å². The third-order valence-corrected chi connectivity index (χ3v) is 4.42. The van der Waals surface area contributed by atoms with Crippen LogP contribution in [-0.4, -0.2) is 24.6 Å². The molecule has 1 saturated carbocycles. The van der Waals surface area contributed by atoms with Crippen LogP contribution in [0.4, 0.5) is 0 Å². The normalized spacial score (nSPS) is 29.0. The summed E-state index contributed by atoms with van der Waals surface area (Å²) in [5, 5.41) is 3.70. The summed E-state index contributed by atoms with van der Waals surface area (Å²) in [6.07, 6.45) is 9.31. The van der Waals surface area contributed by atoms with Crippen molar-refractivity contribution in [2.75, 3.05) is 18.6 Å². The van der Waals surface area contributed by atoms with Gasteiger partial charge in [-0.1, -0.05) is 26.2 Å². The van der Waals surface area contributed by atoms with Crippen molar-refractivity contribution < 1.29 is 0 Å². The van der Waals surface area contributed by atoms with Gasteiger partial charge in [-0.3, -0.25) is 0 Å². The molecule has 0 aromatic rings. The fourth-order valence-corrected chi connectivity index (χ4v) is 3.03. The molecule has 3 atom stereocenters. The average Bonchev–Trinajstić information content (AvgIpc) is 2.25. The first kappa shape index (κ1) is 13.4. The summed E-state index contributed by atoms with van der Waals surface area (Å²) >= 11 is 1.95. The van der Waals surface area contributed by atoms with Crippen molar-refractivity contribution in [1.82, 2.24) is 5.32 Å². The first-order valence-electron chi connectivity index (χ1n) is 6.46. The highest BCUT2D eigenvalue weighted by atomic mass is 32.2. The zero-order chi connectivity index (χ0) is 11.1. The SMILES string of the molecule is CSCCC(C)NCC1CCCCC1C. The number of hydrogen-bond acceptors (Lipinski definition) is 2. The second-order valence-electron chi connectivity index (χ2n) is 5.11. The van der Waals surface area contributed by atoms with Gasteiger partial charge in [-0.25, -0.2) is 0 Å². The zero-order valence-electron chi connectivity index (χ0n) is 10.6. The van der Waals surface area contributed by atoms with Gasteiger partial charge in [0.15, 0.2) is 0 Å². The van der Waals surface area contributed by atoms with Crippen LogP contribution in [0, 0.1) is 11.8 Å². The lowest BCUT2D eigenvalue weighted by Gasteiger charge is -2.30. The highest BCUT2D eigenvalue weighted by Gasteiger charge is 2.21. The molecule has 0 bridgehead atoms. The minimum absolute atomic E-state index is 0.701. The third kappa shape index (κ3) is 5.26. The van der Waals surface area contributed by atoms with Gasteiger partial charge in [0.05, 0.1) is 0 Å². The monoisotopic (exact) mass is 229 g/mol. The summed E-state index contributed by atoms with van der Waals surface area (Å²) in [6.45, 7) is 6.00. The molecule has 1 rings (SSSR count). The van der Waals surface area contributed by atoms with Crippen molar-refractivity contribution in [3.8, 4) is 0 Å². The molecule has 0 saturated heterocycles. The molecule has 1 aliphatic rings. The quantitative estimate of drug-likeness (QED) is 0.747. The van der Waals surface area contributed by atoms with E-state index in [1.807, 2.05) is 11.8 Å². The Kier molecular flexibility index (Phi) is 6.74. The molecule has 0 heterocycles. The van der Waals surface area contributed by atoms with Gasteiger partial charge in [0.25, 0.3) is 0 Å². The van der Waals surface area contributed by atoms with E-state index < -0.39 is 0 Å². The maximum absolute atomic E-state index is 3.70. The van der Waals surface area contributed by atoms with Gasteiger partial charge in [0.2, 0.25) is 0 Å². The van der Waals surface area contributed by atoms with Crippen molar-refractivity contribution in [2.24, 2.45) is 11.8 Å². The number of rotatable bonds is 6. The molecule has 1 aliphatic carbocycles. The Hall–Kier alpha value is 0.310. The summed E-state index contributed by atoms with van der Waals surface area (Å²) < 4.78 is 0. The van der Waals surface area contributed by atoms with Crippen LogP contribution in [0.3, 0.4) is 0 Å². The Morgan fingerprint density at radius 3 is 2.73 bits per heavy atom. The molecule has 1 fully saturated rings. The lowest BCUT2D eigenvalue weighted by atomic mass is 9.80. The lowest BCUT2D eigenvalue weighted by molar-refractivity contribution is 0.241. The summed E-state index contributed by atoms with van der Waals surface area (Å²) in [6, 6.07) is 0.701. The molecule has 0 amide bonds. The molecule has 0 radical (unpaired) electrons. The standard InChI is InChI=1S/C13H27NS/c1-11-6-4-5-7-13(11)10-14-12(2)8-9-15-3/h11-14H,4-10H2,1-3H3. The van der Waals surface area contributed by atoms with Crippen molar-refractivity contribution >= 4 is 11.8 Å². The van der Waals surface area contributed by atoms with Crippen LogP contribution < -0.4 is 5.32 Å². The Bertz CT molecular complexity index is 161. The van der Waals surface area contributed by atoms with E-state index in [9.17, 15) is 0 Å². The van der Waals surface area contributed by atoms with Crippen LogP contribution in [0.25, 0.3) is 0 Å². The van der Waals surface area contributed by atoms with Crippen molar-refractivity contribution in [3.05, 3.63) is 0 Å². The largest absolute Gasteiger partial charge is 0.314 e. The molecule has 0 aromatic carbocycles. The van der Waals surface area contributed by atoms with E-state index in [2.05, 4.69) is 25.4 Å². The van der Waals surface area contributed by atoms with E-state index >= 15 is 0 Å². The minimum atomic E-state index is 0.701. The van der Waals surface area contributed by atoms with Crippen molar-refractivity contribution in [2.45, 2.75) is 52.0 Å². The fraction of sp³-hybridized carbons (Fsp3) is 1.00. The average molecular weight is 229 g/mol. The zero-order valence-corrected chi connectivity index (χ0v) is 11.4. The summed E-state index contributed by atoms with van der Waals surface area (Å²) in [7, 11) is 0. The smallest absolute Gasteiger partial charge is 0.00466 e. The van der Waals surface area contributed by atoms with Gasteiger partial charge in [-0.2, -0.15) is 11.8 Å². The van der Waals surface area contributed by atoms with Gasteiger partial charge in [-0.15, -0.1) is 0 Å². The summed E-state index contributed by atoms with van der Waals surface area (Å²) in [5.74, 6) is 3.17. The molecular formula is C13H27NS. The lowest BCUT2D eigenvalue weighted by Crippen LogP contribution is -2.35. The van der Waals surface area contributed by atoms with Crippen LogP contribution in [0.2, 0.25) is 0 Å². The van der Waals surface area contributed by atoms with E-state index in [0.29, 0.717) is 6.04 Å². The second-order valence-corrected chi connectivity index (χ2v) is 6.10. The topological polar surface area (TPSA) is 12.0 Å². The van der Waals surface area contributed by atoms with E-state index in [1.54, 1.807) is 0 Å². The van der Waals surface area contributed by atoms with Crippen molar-refractivity contribution in [1.29, 1.82) is 0 Å². The molecule has 0 aliphatic heterocycles. The van der Waals surface area contributed by atoms with Crippen LogP contribution in [0.5, 0.6) is 0 Å². The van der Waals surface area contributed by atoms with Crippen molar-refractivity contribution in [3.63, 3.8) is 0 Å². The van der Waals surface area contributed by atoms with Gasteiger partial charge >= 0.3 is 0 Å². The molecule has 90 valence electrons. The first-order valence-corrected chi connectivity index (χ1v) is 7.85. The molecule has 15 heavy (non-hydrogen) atoms. The van der Waals surface area contributed by atoms with Crippen LogP contribution >= 0.6 is 11.8 Å². The Morgan fingerprint density at radius 2 is 2.07 bits per heavy atom. The van der Waals surface area contributed by atoms with E-state index in [0.717, 1.165) is 11.8 Å². The summed E-state index contributed by atoms with van der Waals surface area (Å²) in [5.41, 5.74) is 0. The van der Waals surface area contributed by atoms with E-state index in [4.69, 9.17) is 0 Å². The molecule has 0 spiro atoms. The minimum Gasteiger partial charge on any atom is -0.314 e. The Labute approximate surface area is 99.8 Å². The second kappa shape index (κ2) is 7.56. The molecule has 1 nitrogen and oxygen atoms in total. The molecule has 3 unspecified atom stereocenters. The molecule has 2 heteroatoms. The van der Waals surface area contributed by atoms with Crippen LogP contribution in [-0.2, 0) is 0 Å². The number of nitrogens with one attached hydrogen (secondary N) is 1. The van der Waals surface area contributed by atoms with Crippen LogP contribution in [0.1, 0.15) is 46.0 Å². The predicted molar refractivity (Wildman–Crippen MR) is 71.6 cm³/mol. The third-order valence-electron chi connectivity index (χ3n) is 3.77. The van der Waals surface area contributed by atoms with E-state index in [1.165, 1.54) is 44.4 Å². The first-order chi connectivity index (χ1) is 7.24. The fourth-order valence-electron chi connectivity index (χ4n) is 2.45. The highest BCUT2D eigenvalue weighted by Crippen LogP contribution is 2.28. The van der Waals surface area contributed by atoms with Gasteiger partial charge in [0, 0.05) is 6.04 Å². The Morgan fingerprint density at radius 1 is 1.33 bits per heavy atom. The molecule has 0 aromatic heterocycles. The molecule has 1 N–H and O–H groups in total. The highest BCUT2D eigenvalue weighted by molar-refractivity contribution is 7.98. The number of thioether (sulfide) groups is 1.